The third-order valence-corrected chi connectivity index (χ3v) is 4.34. The fourth-order valence-electron chi connectivity index (χ4n) is 2.46. The number of benzene rings is 1. The van der Waals surface area contributed by atoms with Crippen LogP contribution in [0.25, 0.3) is 0 Å². The average Bonchev–Trinajstić information content (AvgIpc) is 2.49. The number of rotatable bonds is 4. The molecule has 0 heterocycles. The Morgan fingerprint density at radius 2 is 1.81 bits per heavy atom. The van der Waals surface area contributed by atoms with Crippen LogP contribution in [-0.4, -0.2) is 18.4 Å². The molecule has 1 aliphatic rings. The summed E-state index contributed by atoms with van der Waals surface area (Å²) in [5, 5.41) is 6.17. The largest absolute Gasteiger partial charge is 0.347 e. The summed E-state index contributed by atoms with van der Waals surface area (Å²) in [7, 11) is 0. The van der Waals surface area contributed by atoms with E-state index in [1.807, 2.05) is 0 Å². The Morgan fingerprint density at radius 3 is 2.48 bits per heavy atom. The number of amides is 2. The van der Waals surface area contributed by atoms with Crippen molar-refractivity contribution in [2.75, 3.05) is 11.9 Å². The van der Waals surface area contributed by atoms with Crippen molar-refractivity contribution in [2.45, 2.75) is 32.1 Å². The van der Waals surface area contributed by atoms with Crippen LogP contribution in [0.15, 0.2) is 18.2 Å². The smallest absolute Gasteiger partial charge is 0.243 e. The third kappa shape index (κ3) is 4.90. The van der Waals surface area contributed by atoms with Gasteiger partial charge in [0, 0.05) is 11.6 Å². The van der Waals surface area contributed by atoms with Gasteiger partial charge in [0.05, 0.1) is 16.6 Å². The number of hydrogen-bond acceptors (Lipinski definition) is 2. The van der Waals surface area contributed by atoms with Crippen LogP contribution < -0.4 is 10.6 Å². The Hall–Kier alpha value is -1.26. The maximum atomic E-state index is 11.9. The summed E-state index contributed by atoms with van der Waals surface area (Å²) in [5.41, 5.74) is 0.557. The first-order valence-corrected chi connectivity index (χ1v) is 7.84. The van der Waals surface area contributed by atoms with Crippen LogP contribution in [0, 0.1) is 5.92 Å². The summed E-state index contributed by atoms with van der Waals surface area (Å²) < 4.78 is 0. The van der Waals surface area contributed by atoms with Gasteiger partial charge in [-0.15, -0.1) is 0 Å². The Kier molecular flexibility index (Phi) is 5.88. The van der Waals surface area contributed by atoms with E-state index in [0.29, 0.717) is 15.7 Å². The molecule has 0 bridgehead atoms. The zero-order valence-electron chi connectivity index (χ0n) is 11.6. The van der Waals surface area contributed by atoms with Gasteiger partial charge in [0.1, 0.15) is 0 Å². The second-order valence-corrected chi connectivity index (χ2v) is 6.04. The Balaban J connectivity index is 1.78. The third-order valence-electron chi connectivity index (χ3n) is 3.60. The summed E-state index contributed by atoms with van der Waals surface area (Å²) in [6.07, 6.45) is 5.21. The second-order valence-electron chi connectivity index (χ2n) is 5.23. The molecule has 6 heteroatoms. The summed E-state index contributed by atoms with van der Waals surface area (Å²) in [6, 6.07) is 4.85. The van der Waals surface area contributed by atoms with Gasteiger partial charge in [-0.1, -0.05) is 42.5 Å². The predicted octanol–water partition coefficient (Wildman–Crippen LogP) is 3.63. The minimum atomic E-state index is -0.280. The topological polar surface area (TPSA) is 58.2 Å². The first-order valence-electron chi connectivity index (χ1n) is 7.09. The van der Waals surface area contributed by atoms with Gasteiger partial charge in [-0.2, -0.15) is 0 Å². The lowest BCUT2D eigenvalue weighted by atomic mass is 9.89. The fourth-order valence-corrected chi connectivity index (χ4v) is 2.75. The van der Waals surface area contributed by atoms with Crippen molar-refractivity contribution in [2.24, 2.45) is 5.92 Å². The van der Waals surface area contributed by atoms with E-state index in [4.69, 9.17) is 23.2 Å². The summed E-state index contributed by atoms with van der Waals surface area (Å²) in [5.74, 6) is -0.256. The van der Waals surface area contributed by atoms with Crippen LogP contribution in [0.1, 0.15) is 32.1 Å². The molecule has 1 aromatic rings. The lowest BCUT2D eigenvalue weighted by Gasteiger charge is -2.20. The molecular weight excluding hydrogens is 311 g/mol. The van der Waals surface area contributed by atoms with Crippen molar-refractivity contribution in [3.05, 3.63) is 28.2 Å². The minimum absolute atomic E-state index is 0.0287. The van der Waals surface area contributed by atoms with Crippen molar-refractivity contribution >= 4 is 40.7 Å². The minimum Gasteiger partial charge on any atom is -0.347 e. The summed E-state index contributed by atoms with van der Waals surface area (Å²) in [6.45, 7) is -0.0322. The second kappa shape index (κ2) is 7.66. The standard InChI is InChI=1S/C15H18Cl2N2O2/c16-12-7-6-11(8-13(12)17)19-14(20)9-18-15(21)10-4-2-1-3-5-10/h6-8,10H,1-5,9H2,(H,18,21)(H,19,20). The van der Waals surface area contributed by atoms with Crippen LogP contribution in [0.3, 0.4) is 0 Å². The lowest BCUT2D eigenvalue weighted by molar-refractivity contribution is -0.128. The molecule has 1 saturated carbocycles. The Morgan fingerprint density at radius 1 is 1.10 bits per heavy atom. The van der Waals surface area contributed by atoms with E-state index in [2.05, 4.69) is 10.6 Å². The van der Waals surface area contributed by atoms with E-state index in [1.165, 1.54) is 6.42 Å². The molecule has 2 amide bonds. The van der Waals surface area contributed by atoms with Gasteiger partial charge < -0.3 is 10.6 Å². The molecule has 1 aliphatic carbocycles. The zero-order valence-corrected chi connectivity index (χ0v) is 13.1. The van der Waals surface area contributed by atoms with Crippen molar-refractivity contribution in [3.63, 3.8) is 0 Å². The maximum Gasteiger partial charge on any atom is 0.243 e. The highest BCUT2D eigenvalue weighted by atomic mass is 35.5. The number of carbonyl (C=O) groups excluding carboxylic acids is 2. The molecule has 0 atom stereocenters. The van der Waals surface area contributed by atoms with Crippen molar-refractivity contribution in [1.82, 2.24) is 5.32 Å². The molecule has 2 N–H and O–H groups in total. The van der Waals surface area contributed by atoms with Gasteiger partial charge in [0.25, 0.3) is 0 Å². The van der Waals surface area contributed by atoms with Gasteiger partial charge in [0.2, 0.25) is 11.8 Å². The van der Waals surface area contributed by atoms with E-state index in [0.717, 1.165) is 25.7 Å². The first kappa shape index (κ1) is 16.1. The normalized spacial score (nSPS) is 15.5. The van der Waals surface area contributed by atoms with Gasteiger partial charge in [-0.05, 0) is 31.0 Å². The highest BCUT2D eigenvalue weighted by molar-refractivity contribution is 6.42. The monoisotopic (exact) mass is 328 g/mol. The van der Waals surface area contributed by atoms with E-state index in [1.54, 1.807) is 18.2 Å². The van der Waals surface area contributed by atoms with Crippen LogP contribution in [-0.2, 0) is 9.59 Å². The summed E-state index contributed by atoms with van der Waals surface area (Å²) in [4.78, 5) is 23.7. The molecule has 0 aliphatic heterocycles. The number of halogens is 2. The van der Waals surface area contributed by atoms with Gasteiger partial charge in [-0.25, -0.2) is 0 Å². The van der Waals surface area contributed by atoms with Crippen LogP contribution in [0.4, 0.5) is 5.69 Å². The SMILES string of the molecule is O=C(CNC(=O)C1CCCCC1)Nc1ccc(Cl)c(Cl)c1. The predicted molar refractivity (Wildman–Crippen MR) is 84.7 cm³/mol. The molecule has 114 valence electrons. The molecule has 0 saturated heterocycles. The molecule has 2 rings (SSSR count). The quantitative estimate of drug-likeness (QED) is 0.886. The number of hydrogen-bond donors (Lipinski definition) is 2. The first-order chi connectivity index (χ1) is 10.1. The zero-order chi connectivity index (χ0) is 15.2. The molecular formula is C15H18Cl2N2O2. The van der Waals surface area contributed by atoms with Gasteiger partial charge in [-0.3, -0.25) is 9.59 Å². The van der Waals surface area contributed by atoms with E-state index in [9.17, 15) is 9.59 Å². The number of anilines is 1. The van der Waals surface area contributed by atoms with Crippen molar-refractivity contribution in [1.29, 1.82) is 0 Å². The van der Waals surface area contributed by atoms with Crippen LogP contribution >= 0.6 is 23.2 Å². The Bertz CT molecular complexity index is 528. The summed E-state index contributed by atoms with van der Waals surface area (Å²) >= 11 is 11.7. The van der Waals surface area contributed by atoms with Gasteiger partial charge >= 0.3 is 0 Å². The molecule has 21 heavy (non-hydrogen) atoms. The highest BCUT2D eigenvalue weighted by Crippen LogP contribution is 2.25. The van der Waals surface area contributed by atoms with Gasteiger partial charge in [0.15, 0.2) is 0 Å². The van der Waals surface area contributed by atoms with E-state index in [-0.39, 0.29) is 24.3 Å². The van der Waals surface area contributed by atoms with Crippen molar-refractivity contribution in [3.8, 4) is 0 Å². The fraction of sp³-hybridized carbons (Fsp3) is 0.467. The molecule has 1 fully saturated rings. The highest BCUT2D eigenvalue weighted by Gasteiger charge is 2.21. The van der Waals surface area contributed by atoms with E-state index < -0.39 is 0 Å². The molecule has 0 radical (unpaired) electrons. The number of nitrogens with one attached hydrogen (secondary N) is 2. The molecule has 4 nitrogen and oxygen atoms in total. The Labute approximate surface area is 134 Å². The lowest BCUT2D eigenvalue weighted by Crippen LogP contribution is -2.37. The van der Waals surface area contributed by atoms with E-state index >= 15 is 0 Å². The van der Waals surface area contributed by atoms with Crippen LogP contribution in [0.2, 0.25) is 10.0 Å². The average molecular weight is 329 g/mol. The molecule has 1 aromatic carbocycles. The number of carbonyl (C=O) groups is 2. The van der Waals surface area contributed by atoms with Crippen molar-refractivity contribution < 1.29 is 9.59 Å². The van der Waals surface area contributed by atoms with Crippen LogP contribution in [0.5, 0.6) is 0 Å². The maximum absolute atomic E-state index is 11.9. The molecule has 0 spiro atoms. The molecule has 0 aromatic heterocycles. The molecule has 0 unspecified atom stereocenters.